The molecule has 0 aliphatic carbocycles. The van der Waals surface area contributed by atoms with Crippen LogP contribution in [0.15, 0.2) is 24.3 Å². The SMILES string of the molecule is CCN1CC2(CC1=O)CN(C(=O)Cc1ccc(OC)cc1)CCN(C(=O)NC(C)C)C2. The minimum Gasteiger partial charge on any atom is -0.497 e. The van der Waals surface area contributed by atoms with E-state index in [0.717, 1.165) is 11.3 Å². The topological polar surface area (TPSA) is 82.2 Å². The third kappa shape index (κ3) is 5.48. The van der Waals surface area contributed by atoms with Crippen LogP contribution in [-0.4, -0.2) is 85.0 Å². The molecule has 0 saturated carbocycles. The summed E-state index contributed by atoms with van der Waals surface area (Å²) in [7, 11) is 1.61. The minimum atomic E-state index is -0.437. The van der Waals surface area contributed by atoms with Gasteiger partial charge in [-0.3, -0.25) is 9.59 Å². The standard InChI is InChI=1S/C23H34N4O4/c1-5-25-14-23(13-21(25)29)15-26(10-11-27(16-23)22(30)24-17(2)3)20(28)12-18-6-8-19(31-4)9-7-18/h6-9,17H,5,10-16H2,1-4H3,(H,24,30). The molecule has 8 heteroatoms. The van der Waals surface area contributed by atoms with E-state index in [9.17, 15) is 14.4 Å². The summed E-state index contributed by atoms with van der Waals surface area (Å²) in [6.45, 7) is 8.89. The Labute approximate surface area is 184 Å². The lowest BCUT2D eigenvalue weighted by Crippen LogP contribution is -2.49. The molecule has 170 valence electrons. The van der Waals surface area contributed by atoms with Gasteiger partial charge in [0.25, 0.3) is 0 Å². The van der Waals surface area contributed by atoms with Crippen LogP contribution < -0.4 is 10.1 Å². The van der Waals surface area contributed by atoms with E-state index in [-0.39, 0.29) is 30.3 Å². The summed E-state index contributed by atoms with van der Waals surface area (Å²) in [6, 6.07) is 7.37. The Morgan fingerprint density at radius 2 is 1.74 bits per heavy atom. The Morgan fingerprint density at radius 3 is 2.32 bits per heavy atom. The molecular weight excluding hydrogens is 396 g/mol. The Morgan fingerprint density at radius 1 is 1.10 bits per heavy atom. The second-order valence-electron chi connectivity index (χ2n) is 8.95. The summed E-state index contributed by atoms with van der Waals surface area (Å²) in [6.07, 6.45) is 0.641. The fourth-order valence-electron chi connectivity index (χ4n) is 4.50. The number of likely N-dealkylation sites (tertiary alicyclic amines) is 1. The largest absolute Gasteiger partial charge is 0.497 e. The lowest BCUT2D eigenvalue weighted by atomic mass is 9.86. The van der Waals surface area contributed by atoms with Gasteiger partial charge in [-0.2, -0.15) is 0 Å². The van der Waals surface area contributed by atoms with Gasteiger partial charge in [-0.25, -0.2) is 4.79 Å². The summed E-state index contributed by atoms with van der Waals surface area (Å²) < 4.78 is 5.19. The number of rotatable bonds is 5. The van der Waals surface area contributed by atoms with Crippen LogP contribution >= 0.6 is 0 Å². The highest BCUT2D eigenvalue weighted by molar-refractivity contribution is 5.82. The highest BCUT2D eigenvalue weighted by Crippen LogP contribution is 2.35. The normalized spacial score (nSPS) is 21.6. The number of nitrogens with zero attached hydrogens (tertiary/aromatic N) is 3. The van der Waals surface area contributed by atoms with Crippen molar-refractivity contribution in [2.24, 2.45) is 5.41 Å². The first-order valence-corrected chi connectivity index (χ1v) is 11.0. The monoisotopic (exact) mass is 430 g/mol. The Balaban J connectivity index is 1.78. The smallest absolute Gasteiger partial charge is 0.317 e. The average Bonchev–Trinajstić information content (AvgIpc) is 2.91. The van der Waals surface area contributed by atoms with Gasteiger partial charge in [-0.05, 0) is 38.5 Å². The van der Waals surface area contributed by atoms with Gasteiger partial charge in [-0.1, -0.05) is 12.1 Å². The second-order valence-corrected chi connectivity index (χ2v) is 8.95. The molecule has 2 fully saturated rings. The first-order valence-electron chi connectivity index (χ1n) is 11.0. The first kappa shape index (κ1) is 22.9. The predicted octanol–water partition coefficient (Wildman–Crippen LogP) is 1.74. The van der Waals surface area contributed by atoms with Crippen molar-refractivity contribution in [3.63, 3.8) is 0 Å². The van der Waals surface area contributed by atoms with Gasteiger partial charge in [-0.15, -0.1) is 0 Å². The Bertz CT molecular complexity index is 810. The number of carbonyl (C=O) groups excluding carboxylic acids is 3. The maximum Gasteiger partial charge on any atom is 0.317 e. The van der Waals surface area contributed by atoms with Crippen molar-refractivity contribution in [2.45, 2.75) is 39.7 Å². The molecule has 1 N–H and O–H groups in total. The maximum absolute atomic E-state index is 13.2. The Kier molecular flexibility index (Phi) is 7.08. The zero-order valence-electron chi connectivity index (χ0n) is 19.0. The van der Waals surface area contributed by atoms with Crippen LogP contribution in [0, 0.1) is 5.41 Å². The molecule has 2 aliphatic heterocycles. The summed E-state index contributed by atoms with van der Waals surface area (Å²) in [5, 5.41) is 2.95. The van der Waals surface area contributed by atoms with Crippen LogP contribution in [0.25, 0.3) is 0 Å². The summed E-state index contributed by atoms with van der Waals surface area (Å²) >= 11 is 0. The van der Waals surface area contributed by atoms with Crippen LogP contribution in [0.1, 0.15) is 32.8 Å². The molecule has 0 radical (unpaired) electrons. The number of methoxy groups -OCH3 is 1. The van der Waals surface area contributed by atoms with E-state index in [2.05, 4.69) is 5.32 Å². The average molecular weight is 431 g/mol. The number of carbonyl (C=O) groups is 3. The van der Waals surface area contributed by atoms with Crippen LogP contribution in [-0.2, 0) is 16.0 Å². The van der Waals surface area contributed by atoms with Gasteiger partial charge in [0, 0.05) is 57.1 Å². The number of hydrogen-bond acceptors (Lipinski definition) is 4. The van der Waals surface area contributed by atoms with E-state index in [0.29, 0.717) is 45.7 Å². The molecule has 1 aromatic rings. The van der Waals surface area contributed by atoms with Crippen molar-refractivity contribution in [1.29, 1.82) is 0 Å². The highest BCUT2D eigenvalue weighted by atomic mass is 16.5. The lowest BCUT2D eigenvalue weighted by Gasteiger charge is -2.34. The molecule has 1 aromatic carbocycles. The summed E-state index contributed by atoms with van der Waals surface area (Å²) in [4.78, 5) is 43.9. The predicted molar refractivity (Wildman–Crippen MR) is 118 cm³/mol. The number of nitrogens with one attached hydrogen (secondary N) is 1. The number of hydrogen-bond donors (Lipinski definition) is 1. The van der Waals surface area contributed by atoms with Crippen molar-refractivity contribution < 1.29 is 19.1 Å². The van der Waals surface area contributed by atoms with Gasteiger partial charge in [0.15, 0.2) is 0 Å². The van der Waals surface area contributed by atoms with Crippen molar-refractivity contribution >= 4 is 17.8 Å². The molecule has 2 aliphatic rings. The zero-order valence-corrected chi connectivity index (χ0v) is 19.0. The molecule has 8 nitrogen and oxygen atoms in total. The van der Waals surface area contributed by atoms with Gasteiger partial charge < -0.3 is 24.8 Å². The molecule has 31 heavy (non-hydrogen) atoms. The van der Waals surface area contributed by atoms with E-state index < -0.39 is 5.41 Å². The first-order chi connectivity index (χ1) is 14.7. The van der Waals surface area contributed by atoms with Crippen molar-refractivity contribution in [3.8, 4) is 5.75 Å². The Hall–Kier alpha value is -2.77. The van der Waals surface area contributed by atoms with Gasteiger partial charge in [0.2, 0.25) is 11.8 Å². The van der Waals surface area contributed by atoms with Crippen LogP contribution in [0.5, 0.6) is 5.75 Å². The van der Waals surface area contributed by atoms with Crippen molar-refractivity contribution in [2.75, 3.05) is 46.4 Å². The number of ether oxygens (including phenoxy) is 1. The molecule has 0 aromatic heterocycles. The minimum absolute atomic E-state index is 0.0121. The van der Waals surface area contributed by atoms with Crippen molar-refractivity contribution in [1.82, 2.24) is 20.0 Å². The highest BCUT2D eigenvalue weighted by Gasteiger charge is 2.47. The van der Waals surface area contributed by atoms with Crippen LogP contribution in [0.2, 0.25) is 0 Å². The molecule has 1 unspecified atom stereocenters. The number of benzene rings is 1. The lowest BCUT2D eigenvalue weighted by molar-refractivity contribution is -0.132. The molecule has 4 amide bonds. The fourth-order valence-corrected chi connectivity index (χ4v) is 4.50. The molecule has 1 atom stereocenters. The van der Waals surface area contributed by atoms with E-state index in [1.165, 1.54) is 0 Å². The molecule has 2 heterocycles. The second kappa shape index (κ2) is 9.58. The molecule has 0 bridgehead atoms. The van der Waals surface area contributed by atoms with Gasteiger partial charge in [0.05, 0.1) is 13.5 Å². The number of urea groups is 1. The third-order valence-corrected chi connectivity index (χ3v) is 6.05. The molecule has 2 saturated heterocycles. The zero-order chi connectivity index (χ0) is 22.6. The molecular formula is C23H34N4O4. The summed E-state index contributed by atoms with van der Waals surface area (Å²) in [5.74, 6) is 0.857. The van der Waals surface area contributed by atoms with Gasteiger partial charge >= 0.3 is 6.03 Å². The van der Waals surface area contributed by atoms with E-state index in [1.807, 2.05) is 54.8 Å². The van der Waals surface area contributed by atoms with E-state index >= 15 is 0 Å². The molecule has 3 rings (SSSR count). The van der Waals surface area contributed by atoms with Crippen LogP contribution in [0.3, 0.4) is 0 Å². The quantitative estimate of drug-likeness (QED) is 0.772. The van der Waals surface area contributed by atoms with E-state index in [1.54, 1.807) is 12.0 Å². The summed E-state index contributed by atoms with van der Waals surface area (Å²) in [5.41, 5.74) is 0.476. The van der Waals surface area contributed by atoms with Gasteiger partial charge in [0.1, 0.15) is 5.75 Å². The number of amides is 4. The van der Waals surface area contributed by atoms with E-state index in [4.69, 9.17) is 4.74 Å². The fraction of sp³-hybridized carbons (Fsp3) is 0.609. The van der Waals surface area contributed by atoms with Crippen LogP contribution in [0.4, 0.5) is 4.79 Å². The van der Waals surface area contributed by atoms with Crippen molar-refractivity contribution in [3.05, 3.63) is 29.8 Å². The molecule has 1 spiro atoms. The third-order valence-electron chi connectivity index (χ3n) is 6.05. The maximum atomic E-state index is 13.2.